The van der Waals surface area contributed by atoms with E-state index in [4.69, 9.17) is 9.47 Å². The molecule has 0 atom stereocenters. The zero-order valence-electron chi connectivity index (χ0n) is 21.3. The normalized spacial score (nSPS) is 13.8. The van der Waals surface area contributed by atoms with Crippen LogP contribution in [0.15, 0.2) is 108 Å². The van der Waals surface area contributed by atoms with Gasteiger partial charge in [0.25, 0.3) is 11.8 Å². The second-order valence-electron chi connectivity index (χ2n) is 8.63. The number of methoxy groups -OCH3 is 2. The maximum atomic E-state index is 13.6. The average Bonchev–Trinajstić information content (AvgIpc) is 3.29. The van der Waals surface area contributed by atoms with Crippen LogP contribution in [0.5, 0.6) is 17.2 Å². The molecule has 0 spiro atoms. The number of rotatable bonds is 7. The summed E-state index contributed by atoms with van der Waals surface area (Å²) in [5, 5.41) is 13.0. The lowest BCUT2D eigenvalue weighted by Gasteiger charge is -2.19. The molecular formula is C31H25N3O5. The van der Waals surface area contributed by atoms with Crippen LogP contribution < -0.4 is 19.7 Å². The molecule has 1 aliphatic heterocycles. The Morgan fingerprint density at radius 1 is 0.897 bits per heavy atom. The molecule has 0 aliphatic carbocycles. The first-order chi connectivity index (χ1) is 19.0. The van der Waals surface area contributed by atoms with Gasteiger partial charge in [0.15, 0.2) is 11.5 Å². The number of phenolic OH excluding ortho intramolecular Hbond substituents is 1. The van der Waals surface area contributed by atoms with Gasteiger partial charge >= 0.3 is 0 Å². The number of carbonyl (C=O) groups excluding carboxylic acids is 2. The minimum absolute atomic E-state index is 0.0371. The van der Waals surface area contributed by atoms with Crippen molar-refractivity contribution in [2.24, 2.45) is 4.99 Å². The van der Waals surface area contributed by atoms with E-state index < -0.39 is 0 Å². The topological polar surface area (TPSA) is 100 Å². The Bertz CT molecular complexity index is 1580. The Morgan fingerprint density at radius 2 is 1.62 bits per heavy atom. The van der Waals surface area contributed by atoms with Crippen molar-refractivity contribution in [1.29, 1.82) is 0 Å². The van der Waals surface area contributed by atoms with Crippen molar-refractivity contribution in [2.75, 3.05) is 24.4 Å². The van der Waals surface area contributed by atoms with Crippen molar-refractivity contribution in [1.82, 2.24) is 0 Å². The number of hydrogen-bond donors (Lipinski definition) is 2. The lowest BCUT2D eigenvalue weighted by atomic mass is 10.1. The third-order valence-electron chi connectivity index (χ3n) is 6.13. The summed E-state index contributed by atoms with van der Waals surface area (Å²) in [6.07, 6.45) is 1.61. The van der Waals surface area contributed by atoms with E-state index in [0.717, 1.165) is 5.56 Å². The van der Waals surface area contributed by atoms with Crippen molar-refractivity contribution < 1.29 is 24.2 Å². The van der Waals surface area contributed by atoms with Crippen LogP contribution in [-0.4, -0.2) is 37.0 Å². The number of amidine groups is 1. The smallest absolute Gasteiger partial charge is 0.282 e. The second kappa shape index (κ2) is 10.9. The fraction of sp³-hybridized carbons (Fsp3) is 0.0645. The molecule has 4 aromatic rings. The van der Waals surface area contributed by atoms with Crippen molar-refractivity contribution in [2.45, 2.75) is 0 Å². The van der Waals surface area contributed by atoms with Crippen LogP contribution in [-0.2, 0) is 4.79 Å². The summed E-state index contributed by atoms with van der Waals surface area (Å²) in [4.78, 5) is 32.5. The van der Waals surface area contributed by atoms with E-state index in [1.54, 1.807) is 73.8 Å². The summed E-state index contributed by atoms with van der Waals surface area (Å²) in [6.45, 7) is 0. The fourth-order valence-electron chi connectivity index (χ4n) is 4.13. The van der Waals surface area contributed by atoms with Gasteiger partial charge < -0.3 is 19.9 Å². The lowest BCUT2D eigenvalue weighted by molar-refractivity contribution is -0.113. The number of aromatic hydroxyl groups is 1. The van der Waals surface area contributed by atoms with Crippen LogP contribution in [0.25, 0.3) is 6.08 Å². The van der Waals surface area contributed by atoms with Crippen molar-refractivity contribution in [3.8, 4) is 17.2 Å². The van der Waals surface area contributed by atoms with E-state index in [-0.39, 0.29) is 23.3 Å². The predicted octanol–water partition coefficient (Wildman–Crippen LogP) is 5.50. The Kier molecular flexibility index (Phi) is 7.09. The van der Waals surface area contributed by atoms with Crippen LogP contribution in [0.2, 0.25) is 0 Å². The number of ether oxygens (including phenoxy) is 2. The number of carbonyl (C=O) groups is 2. The minimum Gasteiger partial charge on any atom is -0.504 e. The highest BCUT2D eigenvalue weighted by atomic mass is 16.5. The van der Waals surface area contributed by atoms with Gasteiger partial charge in [-0.05, 0) is 72.3 Å². The third kappa shape index (κ3) is 5.35. The standard InChI is InChI=1S/C31H25N3O5/c1-38-25-15-11-23(12-16-25)32-30(36)22-9-13-24(14-10-22)34-29(21-6-4-3-5-7-21)33-26(31(34)37)18-20-8-17-28(39-2)27(35)19-20/h3-19,35H,1-2H3,(H,32,36)/b26-18+. The summed E-state index contributed by atoms with van der Waals surface area (Å²) >= 11 is 0. The highest BCUT2D eigenvalue weighted by molar-refractivity contribution is 6.33. The summed E-state index contributed by atoms with van der Waals surface area (Å²) in [7, 11) is 3.05. The fourth-order valence-corrected chi connectivity index (χ4v) is 4.13. The van der Waals surface area contributed by atoms with E-state index in [1.165, 1.54) is 18.1 Å². The molecule has 2 amide bonds. The number of phenols is 1. The SMILES string of the molecule is COc1ccc(NC(=O)c2ccc(N3C(=O)/C(=C\c4ccc(OC)c(O)c4)N=C3c3ccccc3)cc2)cc1. The molecule has 0 aromatic heterocycles. The van der Waals surface area contributed by atoms with Gasteiger partial charge in [-0.2, -0.15) is 0 Å². The number of benzene rings is 4. The molecule has 1 aliphatic rings. The van der Waals surface area contributed by atoms with E-state index in [9.17, 15) is 14.7 Å². The molecule has 0 fully saturated rings. The van der Waals surface area contributed by atoms with E-state index in [0.29, 0.717) is 39.8 Å². The Balaban J connectivity index is 1.43. The first-order valence-electron chi connectivity index (χ1n) is 12.1. The molecule has 8 heteroatoms. The summed E-state index contributed by atoms with van der Waals surface area (Å²) in [5.41, 5.74) is 3.19. The molecule has 0 unspecified atom stereocenters. The molecule has 0 saturated heterocycles. The lowest BCUT2D eigenvalue weighted by Crippen LogP contribution is -2.32. The summed E-state index contributed by atoms with van der Waals surface area (Å²) in [5.74, 6) is 0.836. The van der Waals surface area contributed by atoms with Crippen LogP contribution in [0, 0.1) is 0 Å². The summed E-state index contributed by atoms with van der Waals surface area (Å²) in [6, 6.07) is 28.0. The number of nitrogens with one attached hydrogen (secondary N) is 1. The van der Waals surface area contributed by atoms with E-state index >= 15 is 0 Å². The Hall–Kier alpha value is -5.37. The molecule has 0 bridgehead atoms. The molecule has 5 rings (SSSR count). The predicted molar refractivity (Wildman–Crippen MR) is 150 cm³/mol. The van der Waals surface area contributed by atoms with Gasteiger partial charge in [0, 0.05) is 16.8 Å². The van der Waals surface area contributed by atoms with Gasteiger partial charge in [-0.1, -0.05) is 36.4 Å². The van der Waals surface area contributed by atoms with E-state index in [2.05, 4.69) is 10.3 Å². The van der Waals surface area contributed by atoms with Gasteiger partial charge in [0.1, 0.15) is 17.3 Å². The average molecular weight is 520 g/mol. The van der Waals surface area contributed by atoms with Gasteiger partial charge in [-0.3, -0.25) is 14.5 Å². The van der Waals surface area contributed by atoms with Crippen molar-refractivity contribution in [3.63, 3.8) is 0 Å². The highest BCUT2D eigenvalue weighted by Crippen LogP contribution is 2.31. The molecule has 39 heavy (non-hydrogen) atoms. The number of amides is 2. The second-order valence-corrected chi connectivity index (χ2v) is 8.63. The largest absolute Gasteiger partial charge is 0.504 e. The molecule has 4 aromatic carbocycles. The molecular weight excluding hydrogens is 494 g/mol. The number of hydrogen-bond acceptors (Lipinski definition) is 6. The van der Waals surface area contributed by atoms with Crippen LogP contribution in [0.3, 0.4) is 0 Å². The molecule has 0 radical (unpaired) electrons. The molecule has 0 saturated carbocycles. The maximum absolute atomic E-state index is 13.6. The molecule has 2 N–H and O–H groups in total. The van der Waals surface area contributed by atoms with Gasteiger partial charge in [0.05, 0.1) is 19.9 Å². The maximum Gasteiger partial charge on any atom is 0.282 e. The van der Waals surface area contributed by atoms with Gasteiger partial charge in [-0.15, -0.1) is 0 Å². The monoisotopic (exact) mass is 519 g/mol. The zero-order chi connectivity index (χ0) is 27.4. The van der Waals surface area contributed by atoms with Crippen molar-refractivity contribution in [3.05, 3.63) is 119 Å². The van der Waals surface area contributed by atoms with Gasteiger partial charge in [0.2, 0.25) is 0 Å². The Labute approximate surface area is 225 Å². The van der Waals surface area contributed by atoms with Crippen LogP contribution in [0.1, 0.15) is 21.5 Å². The van der Waals surface area contributed by atoms with Crippen molar-refractivity contribution >= 4 is 35.1 Å². The first kappa shape index (κ1) is 25.3. The van der Waals surface area contributed by atoms with Crippen LogP contribution >= 0.6 is 0 Å². The number of anilines is 2. The molecule has 8 nitrogen and oxygen atoms in total. The number of nitrogens with zero attached hydrogens (tertiary/aromatic N) is 2. The number of aliphatic imine (C=N–C) groups is 1. The quantitative estimate of drug-likeness (QED) is 0.314. The Morgan fingerprint density at radius 3 is 2.26 bits per heavy atom. The molecule has 194 valence electrons. The van der Waals surface area contributed by atoms with E-state index in [1.807, 2.05) is 30.3 Å². The molecule has 1 heterocycles. The minimum atomic E-state index is -0.334. The summed E-state index contributed by atoms with van der Waals surface area (Å²) < 4.78 is 10.3. The zero-order valence-corrected chi connectivity index (χ0v) is 21.3. The third-order valence-corrected chi connectivity index (χ3v) is 6.13. The van der Waals surface area contributed by atoms with Gasteiger partial charge in [-0.25, -0.2) is 4.99 Å². The first-order valence-corrected chi connectivity index (χ1v) is 12.1. The highest BCUT2D eigenvalue weighted by Gasteiger charge is 2.32. The van der Waals surface area contributed by atoms with Crippen LogP contribution in [0.4, 0.5) is 11.4 Å².